The fraction of sp³-hybridized carbons (Fsp3) is 0.364. The van der Waals surface area contributed by atoms with Crippen LogP contribution in [-0.2, 0) is 11.2 Å². The number of nitrogens with zero attached hydrogens (tertiary/aromatic N) is 1. The molecule has 0 fully saturated rings. The van der Waals surface area contributed by atoms with Crippen molar-refractivity contribution < 1.29 is 14.8 Å². The molecule has 0 aliphatic rings. The minimum absolute atomic E-state index is 0.00187. The Morgan fingerprint density at radius 1 is 1.59 bits per heavy atom. The number of non-ortho nitro benzene ring substituents is 1. The molecule has 92 valence electrons. The van der Waals surface area contributed by atoms with Crippen LogP contribution < -0.4 is 5.32 Å². The van der Waals surface area contributed by atoms with Crippen molar-refractivity contribution in [2.45, 2.75) is 19.4 Å². The fourth-order valence-corrected chi connectivity index (χ4v) is 1.53. The normalized spacial score (nSPS) is 11.9. The van der Waals surface area contributed by atoms with Gasteiger partial charge in [0.05, 0.1) is 17.6 Å². The average Bonchev–Trinajstić information content (AvgIpc) is 2.28. The number of hydrogen-bond donors (Lipinski definition) is 2. The Morgan fingerprint density at radius 3 is 2.82 bits per heavy atom. The molecule has 0 spiro atoms. The Bertz CT molecular complexity index is 420. The maximum Gasteiger partial charge on any atom is 0.269 e. The molecule has 6 heteroatoms. The third-order valence-corrected chi connectivity index (χ3v) is 2.23. The molecule has 0 bridgehead atoms. The molecule has 0 aromatic heterocycles. The van der Waals surface area contributed by atoms with Gasteiger partial charge in [0.1, 0.15) is 0 Å². The molecule has 0 unspecified atom stereocenters. The Hall–Kier alpha value is -1.95. The van der Waals surface area contributed by atoms with Crippen molar-refractivity contribution in [3.8, 4) is 0 Å². The highest BCUT2D eigenvalue weighted by Crippen LogP contribution is 2.14. The summed E-state index contributed by atoms with van der Waals surface area (Å²) in [4.78, 5) is 20.9. The van der Waals surface area contributed by atoms with Crippen molar-refractivity contribution in [2.24, 2.45) is 0 Å². The molecule has 0 heterocycles. The largest absolute Gasteiger partial charge is 0.394 e. The van der Waals surface area contributed by atoms with Gasteiger partial charge in [-0.25, -0.2) is 0 Å². The minimum Gasteiger partial charge on any atom is -0.394 e. The van der Waals surface area contributed by atoms with Crippen molar-refractivity contribution in [3.05, 3.63) is 39.9 Å². The Kier molecular flexibility index (Phi) is 4.59. The van der Waals surface area contributed by atoms with Gasteiger partial charge in [-0.1, -0.05) is 12.1 Å². The van der Waals surface area contributed by atoms with Gasteiger partial charge >= 0.3 is 0 Å². The van der Waals surface area contributed by atoms with Gasteiger partial charge in [0.2, 0.25) is 5.91 Å². The van der Waals surface area contributed by atoms with Crippen LogP contribution in [0, 0.1) is 10.1 Å². The quantitative estimate of drug-likeness (QED) is 0.581. The standard InChI is InChI=1S/C11H14N2O4/c1-8(15)12-10(7-14)5-9-3-2-4-11(6-9)13(16)17/h2-4,6,10,14H,5,7H2,1H3,(H,12,15)/t10-/m1/s1. The van der Waals surface area contributed by atoms with Crippen molar-refractivity contribution in [1.82, 2.24) is 5.32 Å². The molecule has 1 atom stereocenters. The number of carbonyl (C=O) groups excluding carboxylic acids is 1. The predicted molar refractivity (Wildman–Crippen MR) is 61.5 cm³/mol. The van der Waals surface area contributed by atoms with Crippen LogP contribution in [0.1, 0.15) is 12.5 Å². The number of benzene rings is 1. The van der Waals surface area contributed by atoms with Gasteiger partial charge in [-0.2, -0.15) is 0 Å². The van der Waals surface area contributed by atoms with E-state index < -0.39 is 11.0 Å². The summed E-state index contributed by atoms with van der Waals surface area (Å²) in [6.07, 6.45) is 0.359. The summed E-state index contributed by atoms with van der Waals surface area (Å²) < 4.78 is 0. The summed E-state index contributed by atoms with van der Waals surface area (Å²) in [6.45, 7) is 1.15. The maximum atomic E-state index is 10.8. The molecule has 1 rings (SSSR count). The van der Waals surface area contributed by atoms with E-state index in [2.05, 4.69) is 5.32 Å². The Labute approximate surface area is 98.4 Å². The molecule has 1 aromatic carbocycles. The lowest BCUT2D eigenvalue weighted by Gasteiger charge is -2.14. The van der Waals surface area contributed by atoms with Crippen LogP contribution in [0.2, 0.25) is 0 Å². The van der Waals surface area contributed by atoms with Gasteiger partial charge in [-0.05, 0) is 12.0 Å². The molecular formula is C11H14N2O4. The zero-order valence-corrected chi connectivity index (χ0v) is 9.42. The molecule has 0 saturated carbocycles. The second kappa shape index (κ2) is 5.95. The Balaban J connectivity index is 2.75. The van der Waals surface area contributed by atoms with Gasteiger partial charge in [0, 0.05) is 19.1 Å². The predicted octanol–water partition coefficient (Wildman–Crippen LogP) is 0.634. The van der Waals surface area contributed by atoms with E-state index in [9.17, 15) is 14.9 Å². The van der Waals surface area contributed by atoms with E-state index in [4.69, 9.17) is 5.11 Å². The van der Waals surface area contributed by atoms with E-state index in [-0.39, 0.29) is 18.2 Å². The van der Waals surface area contributed by atoms with Gasteiger partial charge in [0.15, 0.2) is 0 Å². The summed E-state index contributed by atoms with van der Waals surface area (Å²) >= 11 is 0. The highest BCUT2D eigenvalue weighted by molar-refractivity contribution is 5.73. The summed E-state index contributed by atoms with van der Waals surface area (Å²) in [5.41, 5.74) is 0.703. The third kappa shape index (κ3) is 4.20. The Morgan fingerprint density at radius 2 is 2.29 bits per heavy atom. The average molecular weight is 238 g/mol. The second-order valence-electron chi connectivity index (χ2n) is 3.71. The SMILES string of the molecule is CC(=O)N[C@@H](CO)Cc1cccc([N+](=O)[O-])c1. The summed E-state index contributed by atoms with van der Waals surface area (Å²) in [7, 11) is 0. The van der Waals surface area contributed by atoms with E-state index in [1.54, 1.807) is 12.1 Å². The number of nitro benzene ring substituents is 1. The van der Waals surface area contributed by atoms with Crippen LogP contribution in [-0.4, -0.2) is 28.6 Å². The van der Waals surface area contributed by atoms with Crippen LogP contribution in [0.25, 0.3) is 0 Å². The lowest BCUT2D eigenvalue weighted by molar-refractivity contribution is -0.384. The van der Waals surface area contributed by atoms with E-state index in [0.29, 0.717) is 12.0 Å². The topological polar surface area (TPSA) is 92.5 Å². The smallest absolute Gasteiger partial charge is 0.269 e. The van der Waals surface area contributed by atoms with E-state index in [1.807, 2.05) is 0 Å². The number of aliphatic hydroxyl groups excluding tert-OH is 1. The number of nitro groups is 1. The first-order chi connectivity index (χ1) is 8.02. The number of aliphatic hydroxyl groups is 1. The monoisotopic (exact) mass is 238 g/mol. The minimum atomic E-state index is -0.476. The second-order valence-corrected chi connectivity index (χ2v) is 3.71. The highest BCUT2D eigenvalue weighted by Gasteiger charge is 2.12. The third-order valence-electron chi connectivity index (χ3n) is 2.23. The van der Waals surface area contributed by atoms with Crippen LogP contribution in [0.15, 0.2) is 24.3 Å². The van der Waals surface area contributed by atoms with Gasteiger partial charge in [0.25, 0.3) is 5.69 Å². The molecule has 0 radical (unpaired) electrons. The van der Waals surface area contributed by atoms with Crippen LogP contribution in [0.5, 0.6) is 0 Å². The van der Waals surface area contributed by atoms with E-state index >= 15 is 0 Å². The summed E-state index contributed by atoms with van der Waals surface area (Å²) in [5.74, 6) is -0.241. The summed E-state index contributed by atoms with van der Waals surface area (Å²) in [5, 5.41) is 22.2. The van der Waals surface area contributed by atoms with Crippen molar-refractivity contribution in [3.63, 3.8) is 0 Å². The first kappa shape index (κ1) is 13.1. The number of carbonyl (C=O) groups is 1. The number of nitrogens with one attached hydrogen (secondary N) is 1. The molecule has 0 aliphatic heterocycles. The first-order valence-electron chi connectivity index (χ1n) is 5.14. The van der Waals surface area contributed by atoms with E-state index in [0.717, 1.165) is 0 Å². The zero-order chi connectivity index (χ0) is 12.8. The van der Waals surface area contributed by atoms with Gasteiger partial charge < -0.3 is 10.4 Å². The zero-order valence-electron chi connectivity index (χ0n) is 9.42. The molecule has 0 saturated heterocycles. The fourth-order valence-electron chi connectivity index (χ4n) is 1.53. The molecular weight excluding hydrogens is 224 g/mol. The lowest BCUT2D eigenvalue weighted by atomic mass is 10.1. The molecule has 1 aromatic rings. The number of rotatable bonds is 5. The molecule has 6 nitrogen and oxygen atoms in total. The summed E-state index contributed by atoms with van der Waals surface area (Å²) in [6, 6.07) is 5.71. The lowest BCUT2D eigenvalue weighted by Crippen LogP contribution is -2.37. The highest BCUT2D eigenvalue weighted by atomic mass is 16.6. The van der Waals surface area contributed by atoms with Crippen LogP contribution in [0.4, 0.5) is 5.69 Å². The first-order valence-corrected chi connectivity index (χ1v) is 5.14. The van der Waals surface area contributed by atoms with Crippen LogP contribution >= 0.6 is 0 Å². The molecule has 17 heavy (non-hydrogen) atoms. The molecule has 2 N–H and O–H groups in total. The van der Waals surface area contributed by atoms with E-state index in [1.165, 1.54) is 19.1 Å². The van der Waals surface area contributed by atoms with Gasteiger partial charge in [-0.15, -0.1) is 0 Å². The molecule has 1 amide bonds. The van der Waals surface area contributed by atoms with Crippen molar-refractivity contribution in [2.75, 3.05) is 6.61 Å². The van der Waals surface area contributed by atoms with Crippen molar-refractivity contribution in [1.29, 1.82) is 0 Å². The molecule has 0 aliphatic carbocycles. The van der Waals surface area contributed by atoms with Crippen molar-refractivity contribution >= 4 is 11.6 Å². The van der Waals surface area contributed by atoms with Crippen LogP contribution in [0.3, 0.4) is 0 Å². The maximum absolute atomic E-state index is 10.8. The number of amides is 1. The van der Waals surface area contributed by atoms with Gasteiger partial charge in [-0.3, -0.25) is 14.9 Å². The number of hydrogen-bond acceptors (Lipinski definition) is 4.